The molecule has 0 saturated heterocycles. The number of carbonyl (C=O) groups is 4. The fourth-order valence-electron chi connectivity index (χ4n) is 5.57. The Labute approximate surface area is 258 Å². The predicted molar refractivity (Wildman–Crippen MR) is 163 cm³/mol. The Kier molecular flexibility index (Phi) is 14.3. The van der Waals surface area contributed by atoms with Gasteiger partial charge in [-0.2, -0.15) is 0 Å². The zero-order chi connectivity index (χ0) is 33.0. The van der Waals surface area contributed by atoms with E-state index in [0.29, 0.717) is 17.6 Å². The number of allylic oxidation sites excluding steroid dienone is 2. The number of nitrogens with one attached hydrogen (secondary N) is 1. The topological polar surface area (TPSA) is 162 Å². The third-order valence-corrected chi connectivity index (χ3v) is 7.64. The van der Waals surface area contributed by atoms with Gasteiger partial charge in [-0.3, -0.25) is 14.4 Å². The molecule has 44 heavy (non-hydrogen) atoms. The Morgan fingerprint density at radius 2 is 1.64 bits per heavy atom. The number of rotatable bonds is 8. The molecule has 0 aliphatic carbocycles. The molecule has 1 aliphatic heterocycles. The molecule has 0 fully saturated rings. The summed E-state index contributed by atoms with van der Waals surface area (Å²) < 4.78 is 33.7. The molecule has 0 aromatic heterocycles. The fraction of sp³-hybridized carbons (Fsp3) is 0.500. The van der Waals surface area contributed by atoms with Crippen LogP contribution in [0.1, 0.15) is 52.7 Å². The maximum absolute atomic E-state index is 13.2. The number of methoxy groups -OCH3 is 3. The van der Waals surface area contributed by atoms with E-state index in [1.54, 1.807) is 39.4 Å². The number of benzene rings is 1. The Bertz CT molecular complexity index is 1260. The Hall–Kier alpha value is -4.00. The second-order valence-electron chi connectivity index (χ2n) is 10.8. The molecule has 12 heteroatoms. The lowest BCUT2D eigenvalue weighted by molar-refractivity contribution is -0.121. The van der Waals surface area contributed by atoms with Crippen LogP contribution >= 0.6 is 0 Å². The van der Waals surface area contributed by atoms with Crippen molar-refractivity contribution in [1.29, 1.82) is 0 Å². The van der Waals surface area contributed by atoms with Crippen molar-refractivity contribution in [2.24, 2.45) is 23.5 Å². The quantitative estimate of drug-likeness (QED) is 0.311. The lowest BCUT2D eigenvalue weighted by atomic mass is 9.86. The Morgan fingerprint density at radius 1 is 0.955 bits per heavy atom. The number of hydrogen-bond acceptors (Lipinski definition) is 10. The molecule has 0 radical (unpaired) electrons. The summed E-state index contributed by atoms with van der Waals surface area (Å²) in [5.41, 5.74) is 6.94. The molecule has 12 nitrogen and oxygen atoms in total. The average molecular weight is 617 g/mol. The molecule has 2 rings (SSSR count). The molecule has 242 valence electrons. The van der Waals surface area contributed by atoms with Crippen LogP contribution in [0.15, 0.2) is 47.6 Å². The van der Waals surface area contributed by atoms with Crippen LogP contribution in [-0.4, -0.2) is 64.6 Å². The van der Waals surface area contributed by atoms with Crippen molar-refractivity contribution in [3.05, 3.63) is 53.1 Å². The molecular formula is C32H44N2O10. The van der Waals surface area contributed by atoms with Crippen molar-refractivity contribution in [2.75, 3.05) is 26.6 Å². The van der Waals surface area contributed by atoms with Gasteiger partial charge in [0.25, 0.3) is 18.9 Å². The summed E-state index contributed by atoms with van der Waals surface area (Å²) in [5.74, 6) is -1.15. The van der Waals surface area contributed by atoms with E-state index >= 15 is 0 Å². The van der Waals surface area contributed by atoms with Crippen molar-refractivity contribution in [1.82, 2.24) is 0 Å². The summed E-state index contributed by atoms with van der Waals surface area (Å²) in [4.78, 5) is 47.9. The summed E-state index contributed by atoms with van der Waals surface area (Å²) in [6.07, 6.45) is 4.28. The second kappa shape index (κ2) is 17.3. The van der Waals surface area contributed by atoms with Crippen molar-refractivity contribution in [3.63, 3.8) is 0 Å². The van der Waals surface area contributed by atoms with Crippen molar-refractivity contribution >= 4 is 30.6 Å². The lowest BCUT2D eigenvalue weighted by Crippen LogP contribution is -2.37. The third kappa shape index (κ3) is 9.50. The van der Waals surface area contributed by atoms with Gasteiger partial charge in [-0.25, -0.2) is 4.79 Å². The zero-order valence-corrected chi connectivity index (χ0v) is 26.5. The number of anilines is 1. The van der Waals surface area contributed by atoms with Gasteiger partial charge in [-0.05, 0) is 37.8 Å². The summed E-state index contributed by atoms with van der Waals surface area (Å²) in [7, 11) is 4.67. The van der Waals surface area contributed by atoms with E-state index in [4.69, 9.17) is 34.2 Å². The van der Waals surface area contributed by atoms with Gasteiger partial charge in [0, 0.05) is 50.4 Å². The van der Waals surface area contributed by atoms with Gasteiger partial charge in [0.1, 0.15) is 11.9 Å². The molecule has 3 N–H and O–H groups in total. The normalized spacial score (nSPS) is 30.0. The second-order valence-corrected chi connectivity index (χ2v) is 10.8. The maximum Gasteiger partial charge on any atom is 0.405 e. The monoisotopic (exact) mass is 616 g/mol. The molecule has 0 saturated carbocycles. The van der Waals surface area contributed by atoms with E-state index in [9.17, 15) is 19.2 Å². The third-order valence-electron chi connectivity index (χ3n) is 7.64. The summed E-state index contributed by atoms with van der Waals surface area (Å²) in [6, 6.07) is 2.90. The van der Waals surface area contributed by atoms with Gasteiger partial charge in [0.15, 0.2) is 5.75 Å². The molecule has 2 amide bonds. The van der Waals surface area contributed by atoms with Gasteiger partial charge in [0.05, 0.1) is 24.0 Å². The highest BCUT2D eigenvalue weighted by molar-refractivity contribution is 6.04. The van der Waals surface area contributed by atoms with Crippen molar-refractivity contribution in [2.45, 2.75) is 65.5 Å². The van der Waals surface area contributed by atoms with E-state index in [1.807, 2.05) is 33.8 Å². The standard InChI is InChI=1S/C32H44N2O10/c1-18-10-9-11-19(2)31(37)34-25-15-23(42-16-35)14-24(30(25)43-17-36)28(40-7)22(5)13-26(39-6)29(41-8)21(4)12-20(3)27(18)44-32(33)38/h9-12,14-18,21-22,26-29H,13H2,1-8H3,(H2,33,38)(H,34,37)/b10-9-,19-11+,20-12+. The molecule has 7 unspecified atom stereocenters. The SMILES string of the molecule is COC1CC(C)C(OC)c2cc(OC=O)cc(c2OC=O)NC(=O)/C(C)=C/C=C\C(C)C(OC(N)=O)/C(C)=C/C(C)C1OC. The number of fused-ring (bicyclic) bond motifs is 2. The number of primary amides is 1. The van der Waals surface area contributed by atoms with Crippen molar-refractivity contribution in [3.8, 4) is 11.5 Å². The van der Waals surface area contributed by atoms with Crippen LogP contribution in [0.5, 0.6) is 11.5 Å². The van der Waals surface area contributed by atoms with Gasteiger partial charge in [-0.15, -0.1) is 0 Å². The largest absolute Gasteiger partial charge is 0.441 e. The van der Waals surface area contributed by atoms with Gasteiger partial charge >= 0.3 is 6.09 Å². The first-order valence-corrected chi connectivity index (χ1v) is 14.2. The highest BCUT2D eigenvalue weighted by Crippen LogP contribution is 2.43. The molecule has 1 aromatic carbocycles. The van der Waals surface area contributed by atoms with Gasteiger partial charge in [-0.1, -0.05) is 45.1 Å². The van der Waals surface area contributed by atoms with E-state index in [-0.39, 0.29) is 47.9 Å². The van der Waals surface area contributed by atoms with Crippen molar-refractivity contribution < 1.29 is 47.6 Å². The number of amides is 2. The van der Waals surface area contributed by atoms with E-state index < -0.39 is 36.4 Å². The summed E-state index contributed by atoms with van der Waals surface area (Å²) in [6.45, 7) is 9.70. The number of ether oxygens (including phenoxy) is 6. The average Bonchev–Trinajstić information content (AvgIpc) is 2.96. The molecule has 1 aliphatic rings. The first-order valence-electron chi connectivity index (χ1n) is 14.2. The lowest BCUT2D eigenvalue weighted by Gasteiger charge is -2.33. The molecular weight excluding hydrogens is 572 g/mol. The van der Waals surface area contributed by atoms with E-state index in [0.717, 1.165) is 5.57 Å². The molecule has 7 atom stereocenters. The molecule has 1 heterocycles. The number of nitrogens with two attached hydrogens (primary N) is 1. The zero-order valence-electron chi connectivity index (χ0n) is 26.5. The van der Waals surface area contributed by atoms with Crippen LogP contribution in [0.3, 0.4) is 0 Å². The van der Waals surface area contributed by atoms with Crippen LogP contribution < -0.4 is 20.5 Å². The summed E-state index contributed by atoms with van der Waals surface area (Å²) >= 11 is 0. The van der Waals surface area contributed by atoms with Crippen LogP contribution in [0.2, 0.25) is 0 Å². The first kappa shape index (κ1) is 36.2. The number of carbonyl (C=O) groups excluding carboxylic acids is 4. The van der Waals surface area contributed by atoms with Gasteiger partial charge < -0.3 is 39.5 Å². The minimum absolute atomic E-state index is 0.0378. The first-order chi connectivity index (χ1) is 20.9. The number of hydrogen-bond donors (Lipinski definition) is 2. The van der Waals surface area contributed by atoms with Crippen LogP contribution in [-0.2, 0) is 33.3 Å². The highest BCUT2D eigenvalue weighted by atomic mass is 16.6. The van der Waals surface area contributed by atoms with Gasteiger partial charge in [0.2, 0.25) is 0 Å². The predicted octanol–water partition coefficient (Wildman–Crippen LogP) is 4.64. The van der Waals surface area contributed by atoms with Crippen LogP contribution in [0, 0.1) is 17.8 Å². The molecule has 2 bridgehead atoms. The summed E-state index contributed by atoms with van der Waals surface area (Å²) in [5, 5.41) is 2.74. The van der Waals surface area contributed by atoms with Crippen LogP contribution in [0.4, 0.5) is 10.5 Å². The van der Waals surface area contributed by atoms with E-state index in [2.05, 4.69) is 5.32 Å². The Balaban J connectivity index is 2.80. The smallest absolute Gasteiger partial charge is 0.405 e. The fourth-order valence-corrected chi connectivity index (χ4v) is 5.57. The molecule has 1 aromatic rings. The maximum atomic E-state index is 13.2. The van der Waals surface area contributed by atoms with Crippen LogP contribution in [0.25, 0.3) is 0 Å². The minimum atomic E-state index is -0.911. The molecule has 0 spiro atoms. The van der Waals surface area contributed by atoms with E-state index in [1.165, 1.54) is 19.2 Å². The minimum Gasteiger partial charge on any atom is -0.441 e. The highest BCUT2D eigenvalue weighted by Gasteiger charge is 2.33. The Morgan fingerprint density at radius 3 is 2.20 bits per heavy atom.